The van der Waals surface area contributed by atoms with E-state index in [0.29, 0.717) is 19.0 Å². The second-order valence-electron chi connectivity index (χ2n) is 12.0. The maximum absolute atomic E-state index is 13.2. The summed E-state index contributed by atoms with van der Waals surface area (Å²) in [4.78, 5) is 29.6. The van der Waals surface area contributed by atoms with Crippen molar-refractivity contribution >= 4 is 17.7 Å². The van der Waals surface area contributed by atoms with Gasteiger partial charge in [-0.2, -0.15) is 5.26 Å². The summed E-state index contributed by atoms with van der Waals surface area (Å²) in [5.41, 5.74) is 3.09. The van der Waals surface area contributed by atoms with Crippen molar-refractivity contribution in [2.75, 3.05) is 31.1 Å². The van der Waals surface area contributed by atoms with E-state index in [1.807, 2.05) is 32.9 Å². The van der Waals surface area contributed by atoms with Gasteiger partial charge in [-0.3, -0.25) is 4.79 Å². The van der Waals surface area contributed by atoms with Gasteiger partial charge in [-0.15, -0.1) is 0 Å². The van der Waals surface area contributed by atoms with Crippen molar-refractivity contribution in [2.24, 2.45) is 5.92 Å². The molecule has 202 valence electrons. The highest BCUT2D eigenvalue weighted by Gasteiger charge is 2.45. The van der Waals surface area contributed by atoms with E-state index in [0.717, 1.165) is 54.7 Å². The molecule has 7 heteroatoms. The molecule has 1 atom stereocenters. The second kappa shape index (κ2) is 11.1. The first-order chi connectivity index (χ1) is 18.0. The van der Waals surface area contributed by atoms with Crippen LogP contribution in [0.15, 0.2) is 48.5 Å². The molecule has 2 aliphatic rings. The van der Waals surface area contributed by atoms with E-state index in [1.54, 1.807) is 4.90 Å². The zero-order valence-electron chi connectivity index (χ0n) is 23.3. The van der Waals surface area contributed by atoms with Crippen LogP contribution in [-0.2, 0) is 9.53 Å². The van der Waals surface area contributed by atoms with E-state index in [4.69, 9.17) is 4.74 Å². The van der Waals surface area contributed by atoms with Gasteiger partial charge in [0.05, 0.1) is 12.0 Å². The molecule has 4 rings (SSSR count). The maximum atomic E-state index is 13.2. The lowest BCUT2D eigenvalue weighted by molar-refractivity contribution is -0.123. The van der Waals surface area contributed by atoms with Crippen LogP contribution in [0.2, 0.25) is 0 Å². The van der Waals surface area contributed by atoms with Crippen molar-refractivity contribution in [2.45, 2.75) is 70.9 Å². The third kappa shape index (κ3) is 6.86. The van der Waals surface area contributed by atoms with E-state index in [9.17, 15) is 14.9 Å². The minimum Gasteiger partial charge on any atom is -0.444 e. The number of hydrogen-bond acceptors (Lipinski definition) is 5. The zero-order chi connectivity index (χ0) is 27.5. The van der Waals surface area contributed by atoms with Crippen LogP contribution in [0.25, 0.3) is 11.1 Å². The first kappa shape index (κ1) is 27.5. The number of anilines is 1. The molecule has 0 unspecified atom stereocenters. The van der Waals surface area contributed by atoms with Gasteiger partial charge in [-0.1, -0.05) is 50.2 Å². The average Bonchev–Trinajstić information content (AvgIpc) is 3.66. The predicted octanol–water partition coefficient (Wildman–Crippen LogP) is 5.71. The number of nitrogens with one attached hydrogen (secondary N) is 1. The predicted molar refractivity (Wildman–Crippen MR) is 150 cm³/mol. The van der Waals surface area contributed by atoms with Crippen molar-refractivity contribution in [3.8, 4) is 17.2 Å². The highest BCUT2D eigenvalue weighted by atomic mass is 16.6. The third-order valence-electron chi connectivity index (χ3n) is 7.14. The van der Waals surface area contributed by atoms with Crippen LogP contribution < -0.4 is 10.2 Å². The molecule has 2 aromatic rings. The molecular formula is C31H40N4O3. The fourth-order valence-electron chi connectivity index (χ4n) is 4.85. The number of piperazine rings is 1. The number of hydrogen-bond donors (Lipinski definition) is 1. The van der Waals surface area contributed by atoms with Crippen molar-refractivity contribution in [1.82, 2.24) is 10.2 Å². The molecule has 0 spiro atoms. The van der Waals surface area contributed by atoms with Gasteiger partial charge in [-0.25, -0.2) is 4.79 Å². The second-order valence-corrected chi connectivity index (χ2v) is 12.0. The molecular weight excluding hydrogens is 476 g/mol. The number of carbonyl (C=O) groups excluding carboxylic acids is 2. The first-order valence-electron chi connectivity index (χ1n) is 13.7. The quantitative estimate of drug-likeness (QED) is 0.509. The highest BCUT2D eigenvalue weighted by molar-refractivity contribution is 5.85. The van der Waals surface area contributed by atoms with Gasteiger partial charge in [0.2, 0.25) is 5.91 Å². The Morgan fingerprint density at radius 1 is 1.03 bits per heavy atom. The monoisotopic (exact) mass is 516 g/mol. The molecule has 1 saturated heterocycles. The van der Waals surface area contributed by atoms with Crippen LogP contribution in [0.4, 0.5) is 10.5 Å². The fourth-order valence-corrected chi connectivity index (χ4v) is 4.85. The number of ether oxygens (including phenoxy) is 1. The number of amides is 2. The van der Waals surface area contributed by atoms with Crippen molar-refractivity contribution < 1.29 is 14.3 Å². The molecule has 2 aromatic carbocycles. The molecule has 2 amide bonds. The van der Waals surface area contributed by atoms with Crippen molar-refractivity contribution in [3.63, 3.8) is 0 Å². The summed E-state index contributed by atoms with van der Waals surface area (Å²) < 4.78 is 5.51. The van der Waals surface area contributed by atoms with Gasteiger partial charge in [0.15, 0.2) is 0 Å². The van der Waals surface area contributed by atoms with Gasteiger partial charge in [0.25, 0.3) is 0 Å². The number of nitriles is 1. The Hall–Kier alpha value is -3.53. The summed E-state index contributed by atoms with van der Waals surface area (Å²) in [6.07, 6.45) is 1.93. The van der Waals surface area contributed by atoms with Crippen LogP contribution in [0.5, 0.6) is 0 Å². The van der Waals surface area contributed by atoms with E-state index in [2.05, 4.69) is 66.5 Å². The Morgan fingerprint density at radius 3 is 2.24 bits per heavy atom. The molecule has 7 nitrogen and oxygen atoms in total. The summed E-state index contributed by atoms with van der Waals surface area (Å²) >= 11 is 0. The van der Waals surface area contributed by atoms with Crippen LogP contribution in [-0.4, -0.2) is 54.2 Å². The van der Waals surface area contributed by atoms with Gasteiger partial charge in [0.1, 0.15) is 11.1 Å². The number of benzene rings is 2. The average molecular weight is 517 g/mol. The summed E-state index contributed by atoms with van der Waals surface area (Å²) in [5, 5.41) is 12.4. The summed E-state index contributed by atoms with van der Waals surface area (Å²) in [6.45, 7) is 12.7. The lowest BCUT2D eigenvalue weighted by Crippen LogP contribution is -2.50. The minimum atomic E-state index is -0.669. The zero-order valence-corrected chi connectivity index (χ0v) is 23.3. The molecule has 1 N–H and O–H groups in total. The number of rotatable bonds is 7. The largest absolute Gasteiger partial charge is 0.444 e. The van der Waals surface area contributed by atoms with Gasteiger partial charge >= 0.3 is 6.09 Å². The van der Waals surface area contributed by atoms with E-state index in [-0.39, 0.29) is 17.9 Å². The van der Waals surface area contributed by atoms with Crippen LogP contribution in [0.1, 0.15) is 65.4 Å². The standard InChI is InChI=1S/C31H40N4O3/c1-22(2)19-27(28(36)33-31(21-32)13-14-31)25-8-6-7-24(20-25)23-9-11-26(12-10-23)34-15-17-35(18-16-34)29(37)38-30(3,4)5/h6-12,20,22,27H,13-19H2,1-5H3,(H,33,36)/t27-/m1/s1. The molecule has 1 aliphatic heterocycles. The molecule has 0 radical (unpaired) electrons. The van der Waals surface area contributed by atoms with Crippen LogP contribution in [0.3, 0.4) is 0 Å². The van der Waals surface area contributed by atoms with Gasteiger partial charge < -0.3 is 19.9 Å². The van der Waals surface area contributed by atoms with Crippen LogP contribution in [0, 0.1) is 17.2 Å². The molecule has 0 aromatic heterocycles. The lowest BCUT2D eigenvalue weighted by atomic mass is 9.87. The molecule has 38 heavy (non-hydrogen) atoms. The highest BCUT2D eigenvalue weighted by Crippen LogP contribution is 2.36. The Labute approximate surface area is 226 Å². The smallest absolute Gasteiger partial charge is 0.410 e. The van der Waals surface area contributed by atoms with Gasteiger partial charge in [0, 0.05) is 31.9 Å². The van der Waals surface area contributed by atoms with E-state index >= 15 is 0 Å². The molecule has 1 aliphatic carbocycles. The third-order valence-corrected chi connectivity index (χ3v) is 7.14. The van der Waals surface area contributed by atoms with E-state index < -0.39 is 11.1 Å². The molecule has 1 heterocycles. The Morgan fingerprint density at radius 2 is 1.68 bits per heavy atom. The van der Waals surface area contributed by atoms with Crippen molar-refractivity contribution in [1.29, 1.82) is 5.26 Å². The SMILES string of the molecule is CC(C)C[C@@H](C(=O)NC1(C#N)CC1)c1cccc(-c2ccc(N3CCN(C(=O)OC(C)(C)C)CC3)cc2)c1. The molecule has 1 saturated carbocycles. The summed E-state index contributed by atoms with van der Waals surface area (Å²) in [6, 6.07) is 18.9. The topological polar surface area (TPSA) is 85.7 Å². The van der Waals surface area contributed by atoms with Crippen LogP contribution >= 0.6 is 0 Å². The lowest BCUT2D eigenvalue weighted by Gasteiger charge is -2.36. The Kier molecular flexibility index (Phi) is 8.01. The Bertz CT molecular complexity index is 1180. The molecule has 2 fully saturated rings. The maximum Gasteiger partial charge on any atom is 0.410 e. The normalized spacial score (nSPS) is 17.5. The van der Waals surface area contributed by atoms with Crippen molar-refractivity contribution in [3.05, 3.63) is 54.1 Å². The van der Waals surface area contributed by atoms with E-state index in [1.165, 1.54) is 0 Å². The number of nitrogens with zero attached hydrogens (tertiary/aromatic N) is 3. The Balaban J connectivity index is 1.43. The minimum absolute atomic E-state index is 0.0595. The summed E-state index contributed by atoms with van der Waals surface area (Å²) in [7, 11) is 0. The molecule has 0 bridgehead atoms. The number of carbonyl (C=O) groups is 2. The van der Waals surface area contributed by atoms with Gasteiger partial charge in [-0.05, 0) is 74.8 Å². The first-order valence-corrected chi connectivity index (χ1v) is 13.7. The fraction of sp³-hybridized carbons (Fsp3) is 0.516. The summed E-state index contributed by atoms with van der Waals surface area (Å²) in [5.74, 6) is -0.00111.